The van der Waals surface area contributed by atoms with Crippen LogP contribution in [0.15, 0.2) is 24.3 Å². The first-order valence-corrected chi connectivity index (χ1v) is 5.67. The van der Waals surface area contributed by atoms with Gasteiger partial charge in [0.25, 0.3) is 0 Å². The zero-order valence-corrected chi connectivity index (χ0v) is 10.4. The molecule has 1 aromatic rings. The maximum atomic E-state index is 11.2. The average Bonchev–Trinajstić information content (AvgIpc) is 2.37. The van der Waals surface area contributed by atoms with Gasteiger partial charge in [0.2, 0.25) is 6.10 Å². The molecule has 1 atom stereocenters. The molecule has 0 saturated heterocycles. The van der Waals surface area contributed by atoms with Crippen LogP contribution in [0, 0.1) is 11.3 Å². The van der Waals surface area contributed by atoms with E-state index in [0.29, 0.717) is 17.9 Å². The Morgan fingerprint density at radius 2 is 2.06 bits per heavy atom. The largest absolute Gasteiger partial charge is 0.509 e. The summed E-state index contributed by atoms with van der Waals surface area (Å²) in [6.07, 6.45) is -1.90. The Morgan fingerprint density at radius 3 is 2.67 bits per heavy atom. The summed E-state index contributed by atoms with van der Waals surface area (Å²) < 4.78 is 14.9. The zero-order chi connectivity index (χ0) is 13.4. The topological polar surface area (TPSA) is 68.5 Å². The summed E-state index contributed by atoms with van der Waals surface area (Å²) in [4.78, 5) is 11.2. The van der Waals surface area contributed by atoms with Gasteiger partial charge < -0.3 is 14.2 Å². The zero-order valence-electron chi connectivity index (χ0n) is 10.4. The normalized spacial score (nSPS) is 11.2. The van der Waals surface area contributed by atoms with E-state index in [-0.39, 0.29) is 6.61 Å². The lowest BCUT2D eigenvalue weighted by atomic mass is 10.1. The van der Waals surface area contributed by atoms with Crippen LogP contribution in [0.2, 0.25) is 0 Å². The number of carbonyl (C=O) groups is 1. The molecule has 0 N–H and O–H groups in total. The first-order valence-electron chi connectivity index (χ1n) is 5.67. The molecule has 0 heterocycles. The van der Waals surface area contributed by atoms with Crippen LogP contribution in [0.1, 0.15) is 25.5 Å². The molecule has 1 unspecified atom stereocenters. The molecule has 0 bridgehead atoms. The van der Waals surface area contributed by atoms with Crippen LogP contribution in [0.4, 0.5) is 4.79 Å². The van der Waals surface area contributed by atoms with Crippen LogP contribution in [0.3, 0.4) is 0 Å². The number of hydrogen-bond donors (Lipinski definition) is 0. The van der Waals surface area contributed by atoms with E-state index in [4.69, 9.17) is 14.7 Å². The maximum Gasteiger partial charge on any atom is 0.509 e. The number of para-hydroxylation sites is 1. The number of nitriles is 1. The lowest BCUT2D eigenvalue weighted by Crippen LogP contribution is -2.12. The maximum absolute atomic E-state index is 11.2. The van der Waals surface area contributed by atoms with Gasteiger partial charge in [-0.05, 0) is 19.9 Å². The Kier molecular flexibility index (Phi) is 5.52. The minimum Gasteiger partial charge on any atom is -0.493 e. The number of carbonyl (C=O) groups excluding carboxylic acids is 1. The molecule has 0 fully saturated rings. The van der Waals surface area contributed by atoms with Crippen molar-refractivity contribution >= 4 is 6.16 Å². The summed E-state index contributed by atoms with van der Waals surface area (Å²) in [5.74, 6) is 0.524. The fraction of sp³-hybridized carbons (Fsp3) is 0.385. The molecule has 0 radical (unpaired) electrons. The molecule has 1 aromatic carbocycles. The number of benzene rings is 1. The predicted molar refractivity (Wildman–Crippen MR) is 64.1 cm³/mol. The van der Waals surface area contributed by atoms with E-state index in [1.165, 1.54) is 0 Å². The highest BCUT2D eigenvalue weighted by molar-refractivity contribution is 5.61. The van der Waals surface area contributed by atoms with Crippen LogP contribution >= 0.6 is 0 Å². The third-order valence-electron chi connectivity index (χ3n) is 2.09. The molecular weight excluding hydrogens is 234 g/mol. The Labute approximate surface area is 106 Å². The van der Waals surface area contributed by atoms with E-state index in [1.807, 2.05) is 13.0 Å². The number of nitrogens with zero attached hydrogens (tertiary/aromatic N) is 1. The van der Waals surface area contributed by atoms with E-state index in [1.54, 1.807) is 31.2 Å². The second-order valence-corrected chi connectivity index (χ2v) is 3.28. The molecule has 0 saturated carbocycles. The van der Waals surface area contributed by atoms with Crippen molar-refractivity contribution in [3.8, 4) is 11.8 Å². The van der Waals surface area contributed by atoms with Gasteiger partial charge in [-0.1, -0.05) is 18.2 Å². The van der Waals surface area contributed by atoms with Crippen molar-refractivity contribution in [1.82, 2.24) is 0 Å². The first-order chi connectivity index (χ1) is 8.72. The lowest BCUT2D eigenvalue weighted by molar-refractivity contribution is 0.0414. The van der Waals surface area contributed by atoms with E-state index in [0.717, 1.165) is 0 Å². The molecule has 0 aliphatic rings. The van der Waals surface area contributed by atoms with Crippen LogP contribution in [-0.4, -0.2) is 19.4 Å². The second kappa shape index (κ2) is 7.17. The molecule has 0 aliphatic carbocycles. The highest BCUT2D eigenvalue weighted by atomic mass is 16.7. The summed E-state index contributed by atoms with van der Waals surface area (Å²) in [6, 6.07) is 8.83. The Hall–Kier alpha value is -2.22. The van der Waals surface area contributed by atoms with Gasteiger partial charge in [-0.25, -0.2) is 4.79 Å². The molecule has 18 heavy (non-hydrogen) atoms. The third kappa shape index (κ3) is 3.67. The fourth-order valence-corrected chi connectivity index (χ4v) is 1.39. The van der Waals surface area contributed by atoms with E-state index in [2.05, 4.69) is 4.74 Å². The summed E-state index contributed by atoms with van der Waals surface area (Å²) in [6.45, 7) is 4.17. The number of rotatable bonds is 5. The van der Waals surface area contributed by atoms with Gasteiger partial charge in [0.05, 0.1) is 13.2 Å². The Morgan fingerprint density at radius 1 is 1.33 bits per heavy atom. The van der Waals surface area contributed by atoms with Crippen molar-refractivity contribution in [2.45, 2.75) is 20.0 Å². The van der Waals surface area contributed by atoms with Gasteiger partial charge in [-0.3, -0.25) is 0 Å². The van der Waals surface area contributed by atoms with Crippen LogP contribution in [0.5, 0.6) is 5.75 Å². The van der Waals surface area contributed by atoms with Gasteiger partial charge in [0.15, 0.2) is 0 Å². The number of ether oxygens (including phenoxy) is 3. The van der Waals surface area contributed by atoms with Gasteiger partial charge in [-0.2, -0.15) is 5.26 Å². The molecule has 5 heteroatoms. The van der Waals surface area contributed by atoms with Crippen LogP contribution < -0.4 is 4.74 Å². The SMILES string of the molecule is CCOC(=O)OC(C#N)c1ccccc1OCC. The fourth-order valence-electron chi connectivity index (χ4n) is 1.39. The number of hydrogen-bond acceptors (Lipinski definition) is 5. The predicted octanol–water partition coefficient (Wildman–Crippen LogP) is 2.82. The molecule has 0 amide bonds. The van der Waals surface area contributed by atoms with Crippen molar-refractivity contribution in [3.63, 3.8) is 0 Å². The first kappa shape index (κ1) is 13.8. The molecular formula is C13H15NO4. The molecule has 96 valence electrons. The van der Waals surface area contributed by atoms with E-state index in [9.17, 15) is 4.79 Å². The second-order valence-electron chi connectivity index (χ2n) is 3.28. The van der Waals surface area contributed by atoms with Crippen molar-refractivity contribution in [2.24, 2.45) is 0 Å². The average molecular weight is 249 g/mol. The van der Waals surface area contributed by atoms with Crippen LogP contribution in [0.25, 0.3) is 0 Å². The van der Waals surface area contributed by atoms with Crippen molar-refractivity contribution in [1.29, 1.82) is 5.26 Å². The van der Waals surface area contributed by atoms with Gasteiger partial charge in [0.1, 0.15) is 11.8 Å². The summed E-state index contributed by atoms with van der Waals surface area (Å²) in [5, 5.41) is 9.05. The monoisotopic (exact) mass is 249 g/mol. The minimum atomic E-state index is -1.04. The van der Waals surface area contributed by atoms with E-state index < -0.39 is 12.3 Å². The smallest absolute Gasteiger partial charge is 0.493 e. The van der Waals surface area contributed by atoms with E-state index >= 15 is 0 Å². The molecule has 0 aliphatic heterocycles. The van der Waals surface area contributed by atoms with Gasteiger partial charge in [-0.15, -0.1) is 0 Å². The van der Waals surface area contributed by atoms with Gasteiger partial charge >= 0.3 is 6.16 Å². The highest BCUT2D eigenvalue weighted by Crippen LogP contribution is 2.27. The van der Waals surface area contributed by atoms with Crippen molar-refractivity contribution in [3.05, 3.63) is 29.8 Å². The lowest BCUT2D eigenvalue weighted by Gasteiger charge is -2.14. The molecule has 0 aromatic heterocycles. The summed E-state index contributed by atoms with van der Waals surface area (Å²) in [7, 11) is 0. The van der Waals surface area contributed by atoms with Crippen molar-refractivity contribution in [2.75, 3.05) is 13.2 Å². The molecule has 0 spiro atoms. The summed E-state index contributed by atoms with van der Waals surface area (Å²) >= 11 is 0. The van der Waals surface area contributed by atoms with Gasteiger partial charge in [0, 0.05) is 5.56 Å². The molecule has 5 nitrogen and oxygen atoms in total. The minimum absolute atomic E-state index is 0.199. The third-order valence-corrected chi connectivity index (χ3v) is 2.09. The van der Waals surface area contributed by atoms with Crippen molar-refractivity contribution < 1.29 is 19.0 Å². The highest BCUT2D eigenvalue weighted by Gasteiger charge is 2.20. The quantitative estimate of drug-likeness (QED) is 0.750. The Balaban J connectivity index is 2.88. The van der Waals surface area contributed by atoms with Crippen LogP contribution in [-0.2, 0) is 9.47 Å². The standard InChI is InChI=1S/C13H15NO4/c1-3-16-11-8-6-5-7-10(11)12(9-14)18-13(15)17-4-2/h5-8,12H,3-4H2,1-2H3. The Bertz CT molecular complexity index is 439. The summed E-state index contributed by atoms with van der Waals surface area (Å²) in [5.41, 5.74) is 0.509. The molecule has 1 rings (SSSR count).